The first kappa shape index (κ1) is 20.9. The molecule has 0 heterocycles. The molecule has 2 aromatic rings. The average molecular weight is 395 g/mol. The average Bonchev–Trinajstić information content (AvgIpc) is 2.75. The minimum atomic E-state index is -0.671. The number of rotatable bonds is 7. The number of ether oxygens (including phenoxy) is 1. The van der Waals surface area contributed by atoms with Crippen LogP contribution in [0.1, 0.15) is 43.7 Å². The Bertz CT molecular complexity index is 779. The van der Waals surface area contributed by atoms with Gasteiger partial charge in [-0.05, 0) is 29.9 Å². The van der Waals surface area contributed by atoms with E-state index in [2.05, 4.69) is 17.6 Å². The molecule has 0 radical (unpaired) electrons. The molecule has 1 saturated carbocycles. The fraction of sp³-hybridized carbons (Fsp3) is 0.417. The lowest BCUT2D eigenvalue weighted by Gasteiger charge is -2.31. The second kappa shape index (κ2) is 10.6. The first-order valence-corrected chi connectivity index (χ1v) is 10.4. The molecular formula is C24H30N2O3. The number of alkyl carbamates (subject to hydrolysis) is 1. The van der Waals surface area contributed by atoms with Crippen molar-refractivity contribution >= 4 is 12.0 Å². The normalized spacial score (nSPS) is 19.8. The molecule has 1 fully saturated rings. The maximum atomic E-state index is 13.0. The highest BCUT2D eigenvalue weighted by atomic mass is 16.5. The largest absolute Gasteiger partial charge is 0.445 e. The van der Waals surface area contributed by atoms with Gasteiger partial charge >= 0.3 is 6.09 Å². The van der Waals surface area contributed by atoms with E-state index in [-0.39, 0.29) is 18.6 Å². The Labute approximate surface area is 172 Å². The van der Waals surface area contributed by atoms with Gasteiger partial charge in [0.2, 0.25) is 5.91 Å². The summed E-state index contributed by atoms with van der Waals surface area (Å²) in [6.45, 7) is 2.35. The summed E-state index contributed by atoms with van der Waals surface area (Å²) in [6.07, 6.45) is 4.30. The maximum absolute atomic E-state index is 13.0. The monoisotopic (exact) mass is 394 g/mol. The van der Waals surface area contributed by atoms with Crippen molar-refractivity contribution in [3.63, 3.8) is 0 Å². The molecule has 0 unspecified atom stereocenters. The van der Waals surface area contributed by atoms with Crippen molar-refractivity contribution < 1.29 is 14.3 Å². The maximum Gasteiger partial charge on any atom is 0.408 e. The topological polar surface area (TPSA) is 67.4 Å². The van der Waals surface area contributed by atoms with E-state index in [0.717, 1.165) is 30.4 Å². The van der Waals surface area contributed by atoms with Gasteiger partial charge in [0.15, 0.2) is 0 Å². The van der Waals surface area contributed by atoms with Gasteiger partial charge in [0.1, 0.15) is 12.6 Å². The highest BCUT2D eigenvalue weighted by Gasteiger charge is 2.28. The Kier molecular flexibility index (Phi) is 7.68. The molecule has 1 aliphatic rings. The molecule has 0 aromatic heterocycles. The van der Waals surface area contributed by atoms with Crippen LogP contribution in [0.4, 0.5) is 4.79 Å². The van der Waals surface area contributed by atoms with Gasteiger partial charge < -0.3 is 15.4 Å². The second-order valence-electron chi connectivity index (χ2n) is 7.83. The summed E-state index contributed by atoms with van der Waals surface area (Å²) in [5, 5.41) is 5.93. The number of carbonyl (C=O) groups is 2. The van der Waals surface area contributed by atoms with Gasteiger partial charge in [0.25, 0.3) is 0 Å². The number of hydrogen-bond acceptors (Lipinski definition) is 3. The molecule has 2 amide bonds. The van der Waals surface area contributed by atoms with Crippen LogP contribution in [-0.2, 0) is 22.6 Å². The Morgan fingerprint density at radius 1 is 0.966 bits per heavy atom. The molecule has 1 aliphatic carbocycles. The summed E-state index contributed by atoms with van der Waals surface area (Å²) in [7, 11) is 0. The van der Waals surface area contributed by atoms with Crippen LogP contribution < -0.4 is 10.6 Å². The van der Waals surface area contributed by atoms with Gasteiger partial charge in [-0.2, -0.15) is 0 Å². The summed E-state index contributed by atoms with van der Waals surface area (Å²) in [5.74, 6) is 0.305. The van der Waals surface area contributed by atoms with E-state index in [1.54, 1.807) is 0 Å². The highest BCUT2D eigenvalue weighted by molar-refractivity contribution is 5.86. The molecule has 154 valence electrons. The van der Waals surface area contributed by atoms with Crippen LogP contribution in [0.15, 0.2) is 60.7 Å². The second-order valence-corrected chi connectivity index (χ2v) is 7.83. The van der Waals surface area contributed by atoms with Gasteiger partial charge in [-0.1, -0.05) is 80.4 Å². The Morgan fingerprint density at radius 2 is 1.59 bits per heavy atom. The molecule has 0 aliphatic heterocycles. The van der Waals surface area contributed by atoms with Crippen LogP contribution in [0.25, 0.3) is 0 Å². The van der Waals surface area contributed by atoms with Gasteiger partial charge in [0.05, 0.1) is 0 Å². The van der Waals surface area contributed by atoms with Crippen molar-refractivity contribution in [3.05, 3.63) is 71.8 Å². The minimum Gasteiger partial charge on any atom is -0.445 e. The molecular weight excluding hydrogens is 364 g/mol. The van der Waals surface area contributed by atoms with Crippen LogP contribution in [-0.4, -0.2) is 24.1 Å². The first-order chi connectivity index (χ1) is 14.1. The fourth-order valence-corrected chi connectivity index (χ4v) is 3.78. The van der Waals surface area contributed by atoms with Crippen molar-refractivity contribution in [1.82, 2.24) is 10.6 Å². The summed E-state index contributed by atoms with van der Waals surface area (Å²) in [5.41, 5.74) is 1.90. The zero-order valence-corrected chi connectivity index (χ0v) is 17.0. The Morgan fingerprint density at radius 3 is 2.24 bits per heavy atom. The predicted octanol–water partition coefficient (Wildman–Crippen LogP) is 4.22. The molecule has 2 N–H and O–H groups in total. The molecule has 5 nitrogen and oxygen atoms in total. The number of carbonyl (C=O) groups excluding carboxylic acids is 2. The summed E-state index contributed by atoms with van der Waals surface area (Å²) in [4.78, 5) is 25.4. The van der Waals surface area contributed by atoms with Crippen molar-refractivity contribution in [2.45, 2.75) is 57.7 Å². The van der Waals surface area contributed by atoms with E-state index in [1.807, 2.05) is 60.7 Å². The minimum absolute atomic E-state index is 0.149. The quantitative estimate of drug-likeness (QED) is 0.739. The smallest absolute Gasteiger partial charge is 0.408 e. The molecule has 2 aromatic carbocycles. The highest BCUT2D eigenvalue weighted by Crippen LogP contribution is 2.23. The van der Waals surface area contributed by atoms with Crippen LogP contribution in [0.3, 0.4) is 0 Å². The van der Waals surface area contributed by atoms with E-state index in [0.29, 0.717) is 12.3 Å². The molecule has 5 heteroatoms. The van der Waals surface area contributed by atoms with E-state index >= 15 is 0 Å². The molecule has 0 saturated heterocycles. The van der Waals surface area contributed by atoms with Crippen molar-refractivity contribution in [1.29, 1.82) is 0 Å². The van der Waals surface area contributed by atoms with Crippen LogP contribution >= 0.6 is 0 Å². The summed E-state index contributed by atoms with van der Waals surface area (Å²) < 4.78 is 5.33. The van der Waals surface area contributed by atoms with Crippen molar-refractivity contribution in [2.75, 3.05) is 0 Å². The molecule has 0 spiro atoms. The van der Waals surface area contributed by atoms with Crippen molar-refractivity contribution in [3.8, 4) is 0 Å². The summed E-state index contributed by atoms with van der Waals surface area (Å²) >= 11 is 0. The number of nitrogens with one attached hydrogen (secondary N) is 2. The predicted molar refractivity (Wildman–Crippen MR) is 113 cm³/mol. The van der Waals surface area contributed by atoms with Crippen LogP contribution in [0.2, 0.25) is 0 Å². The van der Waals surface area contributed by atoms with E-state index in [1.165, 1.54) is 6.42 Å². The molecule has 3 atom stereocenters. The molecule has 3 rings (SSSR count). The first-order valence-electron chi connectivity index (χ1n) is 10.4. The van der Waals surface area contributed by atoms with Gasteiger partial charge in [0, 0.05) is 12.5 Å². The third kappa shape index (κ3) is 6.63. The third-order valence-corrected chi connectivity index (χ3v) is 5.54. The third-order valence-electron chi connectivity index (χ3n) is 5.54. The zero-order valence-electron chi connectivity index (χ0n) is 17.0. The lowest BCUT2D eigenvalue weighted by Crippen LogP contribution is -2.52. The number of benzene rings is 2. The zero-order chi connectivity index (χ0) is 20.5. The van der Waals surface area contributed by atoms with Crippen LogP contribution in [0, 0.1) is 5.92 Å². The van der Waals surface area contributed by atoms with E-state index in [9.17, 15) is 9.59 Å². The fourth-order valence-electron chi connectivity index (χ4n) is 3.78. The van der Waals surface area contributed by atoms with E-state index in [4.69, 9.17) is 4.74 Å². The molecule has 0 bridgehead atoms. The van der Waals surface area contributed by atoms with Crippen molar-refractivity contribution in [2.24, 2.45) is 5.92 Å². The standard InChI is InChI=1S/C24H30N2O3/c1-18-10-8-9-15-21(18)25-23(27)22(16-19-11-4-2-5-12-19)26-24(28)29-17-20-13-6-3-7-14-20/h2-7,11-14,18,21-22H,8-10,15-17H2,1H3,(H,25,27)(H,26,28)/t18-,21-,22-/m0/s1. The SMILES string of the molecule is C[C@H]1CCCC[C@@H]1NC(=O)[C@H](Cc1ccccc1)NC(=O)OCc1ccccc1. The lowest BCUT2D eigenvalue weighted by molar-refractivity contribution is -0.124. The van der Waals surface area contributed by atoms with E-state index < -0.39 is 12.1 Å². The van der Waals surface area contributed by atoms with Gasteiger partial charge in [-0.25, -0.2) is 4.79 Å². The summed E-state index contributed by atoms with van der Waals surface area (Å²) in [6, 6.07) is 18.7. The molecule has 29 heavy (non-hydrogen) atoms. The van der Waals surface area contributed by atoms with Crippen LogP contribution in [0.5, 0.6) is 0 Å². The lowest BCUT2D eigenvalue weighted by atomic mass is 9.85. The number of amides is 2. The number of hydrogen-bond donors (Lipinski definition) is 2. The Balaban J connectivity index is 1.61. The Hall–Kier alpha value is -2.82. The van der Waals surface area contributed by atoms with Gasteiger partial charge in [-0.3, -0.25) is 4.79 Å². The van der Waals surface area contributed by atoms with Gasteiger partial charge in [-0.15, -0.1) is 0 Å².